The van der Waals surface area contributed by atoms with Gasteiger partial charge in [-0.2, -0.15) is 0 Å². The van der Waals surface area contributed by atoms with Crippen LogP contribution in [0.1, 0.15) is 39.0 Å². The molecule has 2 aliphatic rings. The van der Waals surface area contributed by atoms with Crippen molar-refractivity contribution in [2.75, 3.05) is 59.9 Å². The molecule has 1 N–H and O–H groups in total. The molecule has 6 nitrogen and oxygen atoms in total. The molecule has 0 aromatic heterocycles. The van der Waals surface area contributed by atoms with Gasteiger partial charge in [-0.05, 0) is 59.3 Å². The highest BCUT2D eigenvalue weighted by molar-refractivity contribution is 5.81. The van der Waals surface area contributed by atoms with Gasteiger partial charge in [0.15, 0.2) is 0 Å². The Morgan fingerprint density at radius 2 is 1.60 bits per heavy atom. The highest BCUT2D eigenvalue weighted by Gasteiger charge is 2.32. The Bertz CT molecular complexity index is 425. The first-order valence-electron chi connectivity index (χ1n) is 9.94. The number of amides is 2. The Morgan fingerprint density at radius 1 is 1.00 bits per heavy atom. The Hall–Kier alpha value is -1.14. The first kappa shape index (κ1) is 20.2. The second-order valence-corrected chi connectivity index (χ2v) is 7.76. The van der Waals surface area contributed by atoms with Gasteiger partial charge >= 0.3 is 0 Å². The van der Waals surface area contributed by atoms with Crippen molar-refractivity contribution in [3.8, 4) is 0 Å². The molecular weight excluding hydrogens is 316 g/mol. The van der Waals surface area contributed by atoms with E-state index in [1.807, 2.05) is 19.0 Å². The molecule has 1 saturated carbocycles. The number of carbonyl (C=O) groups is 2. The maximum absolute atomic E-state index is 12.7. The molecule has 0 aromatic carbocycles. The summed E-state index contributed by atoms with van der Waals surface area (Å²) >= 11 is 0. The summed E-state index contributed by atoms with van der Waals surface area (Å²) in [5.74, 6) is 0.730. The summed E-state index contributed by atoms with van der Waals surface area (Å²) < 4.78 is 0. The van der Waals surface area contributed by atoms with E-state index in [-0.39, 0.29) is 17.7 Å². The number of hydrogen-bond donors (Lipinski definition) is 1. The largest absolute Gasteiger partial charge is 0.356 e. The van der Waals surface area contributed by atoms with Crippen molar-refractivity contribution in [1.29, 1.82) is 0 Å². The number of piperazine rings is 1. The lowest BCUT2D eigenvalue weighted by Gasteiger charge is -2.37. The van der Waals surface area contributed by atoms with Crippen LogP contribution in [0.25, 0.3) is 0 Å². The van der Waals surface area contributed by atoms with E-state index < -0.39 is 0 Å². The molecule has 0 bridgehead atoms. The lowest BCUT2D eigenvalue weighted by atomic mass is 9.81. The van der Waals surface area contributed by atoms with Crippen molar-refractivity contribution < 1.29 is 9.59 Å². The molecule has 2 fully saturated rings. The summed E-state index contributed by atoms with van der Waals surface area (Å²) in [6.45, 7) is 8.68. The van der Waals surface area contributed by atoms with E-state index >= 15 is 0 Å². The van der Waals surface area contributed by atoms with Crippen molar-refractivity contribution in [2.24, 2.45) is 11.8 Å². The molecule has 0 aromatic rings. The molecule has 2 rings (SSSR count). The van der Waals surface area contributed by atoms with Crippen LogP contribution in [0.4, 0.5) is 0 Å². The molecule has 0 spiro atoms. The van der Waals surface area contributed by atoms with Crippen LogP contribution in [0.5, 0.6) is 0 Å². The maximum Gasteiger partial charge on any atom is 0.225 e. The third-order valence-corrected chi connectivity index (χ3v) is 5.66. The first-order chi connectivity index (χ1) is 12.0. The van der Waals surface area contributed by atoms with Gasteiger partial charge in [-0.3, -0.25) is 9.59 Å². The summed E-state index contributed by atoms with van der Waals surface area (Å²) in [6.07, 6.45) is 4.41. The quantitative estimate of drug-likeness (QED) is 0.695. The highest BCUT2D eigenvalue weighted by Crippen LogP contribution is 2.30. The maximum atomic E-state index is 12.7. The van der Waals surface area contributed by atoms with Gasteiger partial charge in [0.2, 0.25) is 11.8 Å². The number of nitrogens with one attached hydrogen (secondary N) is 1. The van der Waals surface area contributed by atoms with Crippen LogP contribution in [0.3, 0.4) is 0 Å². The minimum absolute atomic E-state index is 0.0975. The first-order valence-corrected chi connectivity index (χ1v) is 9.94. The van der Waals surface area contributed by atoms with Crippen molar-refractivity contribution in [3.05, 3.63) is 0 Å². The molecule has 1 aliphatic heterocycles. The Labute approximate surface area is 152 Å². The van der Waals surface area contributed by atoms with Crippen molar-refractivity contribution in [2.45, 2.75) is 39.0 Å². The van der Waals surface area contributed by atoms with E-state index in [9.17, 15) is 9.59 Å². The van der Waals surface area contributed by atoms with E-state index in [1.165, 1.54) is 0 Å². The molecular formula is C19H36N4O2. The molecule has 0 unspecified atom stereocenters. The molecule has 25 heavy (non-hydrogen) atoms. The fourth-order valence-corrected chi connectivity index (χ4v) is 3.90. The number of nitrogens with zero attached hydrogens (tertiary/aromatic N) is 3. The molecule has 1 saturated heterocycles. The Morgan fingerprint density at radius 3 is 2.16 bits per heavy atom. The number of carbonyl (C=O) groups excluding carboxylic acids is 2. The lowest BCUT2D eigenvalue weighted by molar-refractivity contribution is -0.140. The Kier molecular flexibility index (Phi) is 8.16. The smallest absolute Gasteiger partial charge is 0.225 e. The summed E-state index contributed by atoms with van der Waals surface area (Å²) in [5.41, 5.74) is 0. The number of rotatable bonds is 7. The fraction of sp³-hybridized carbons (Fsp3) is 0.895. The van der Waals surface area contributed by atoms with Crippen molar-refractivity contribution in [3.63, 3.8) is 0 Å². The van der Waals surface area contributed by atoms with Crippen LogP contribution < -0.4 is 5.32 Å². The van der Waals surface area contributed by atoms with E-state index in [2.05, 4.69) is 22.0 Å². The monoisotopic (exact) mass is 352 g/mol. The van der Waals surface area contributed by atoms with Crippen LogP contribution >= 0.6 is 0 Å². The van der Waals surface area contributed by atoms with E-state index in [0.717, 1.165) is 77.9 Å². The van der Waals surface area contributed by atoms with Gasteiger partial charge in [0.05, 0.1) is 0 Å². The van der Waals surface area contributed by atoms with Crippen LogP contribution in [-0.2, 0) is 9.59 Å². The summed E-state index contributed by atoms with van der Waals surface area (Å²) in [4.78, 5) is 31.5. The van der Waals surface area contributed by atoms with Crippen molar-refractivity contribution >= 4 is 11.8 Å². The standard InChI is InChI=1S/C19H36N4O2/c1-4-22-12-14-23(15-13-22)19(25)17-8-6-16(7-9-17)18(24)20-10-5-11-21(2)3/h16-17H,4-15H2,1-3H3,(H,20,24). The van der Waals surface area contributed by atoms with Gasteiger partial charge in [0, 0.05) is 44.6 Å². The van der Waals surface area contributed by atoms with E-state index in [4.69, 9.17) is 0 Å². The van der Waals surface area contributed by atoms with E-state index in [1.54, 1.807) is 0 Å². The topological polar surface area (TPSA) is 55.9 Å². The molecule has 2 amide bonds. The zero-order chi connectivity index (χ0) is 18.2. The van der Waals surface area contributed by atoms with Gasteiger partial charge in [-0.1, -0.05) is 6.92 Å². The minimum Gasteiger partial charge on any atom is -0.356 e. The van der Waals surface area contributed by atoms with Crippen LogP contribution in [0, 0.1) is 11.8 Å². The van der Waals surface area contributed by atoms with Crippen LogP contribution in [-0.4, -0.2) is 86.4 Å². The minimum atomic E-state index is 0.0975. The second kappa shape index (κ2) is 10.1. The second-order valence-electron chi connectivity index (χ2n) is 7.76. The average Bonchev–Trinajstić information content (AvgIpc) is 2.64. The number of likely N-dealkylation sites (N-methyl/N-ethyl adjacent to an activating group) is 1. The zero-order valence-corrected chi connectivity index (χ0v) is 16.3. The van der Waals surface area contributed by atoms with Crippen molar-refractivity contribution in [1.82, 2.24) is 20.0 Å². The Balaban J connectivity index is 1.67. The normalized spacial score (nSPS) is 25.2. The predicted molar refractivity (Wildman–Crippen MR) is 100 cm³/mol. The predicted octanol–water partition coefficient (Wildman–Crippen LogP) is 1.02. The molecule has 0 atom stereocenters. The molecule has 6 heteroatoms. The average molecular weight is 353 g/mol. The molecule has 0 radical (unpaired) electrons. The lowest BCUT2D eigenvalue weighted by Crippen LogP contribution is -2.50. The zero-order valence-electron chi connectivity index (χ0n) is 16.3. The van der Waals surface area contributed by atoms with Gasteiger partial charge in [0.1, 0.15) is 0 Å². The third-order valence-electron chi connectivity index (χ3n) is 5.66. The van der Waals surface area contributed by atoms with Gasteiger partial charge in [-0.15, -0.1) is 0 Å². The van der Waals surface area contributed by atoms with Crippen LogP contribution in [0.2, 0.25) is 0 Å². The molecule has 144 valence electrons. The van der Waals surface area contributed by atoms with Gasteiger partial charge in [-0.25, -0.2) is 0 Å². The fourth-order valence-electron chi connectivity index (χ4n) is 3.90. The summed E-state index contributed by atoms with van der Waals surface area (Å²) in [5, 5.41) is 3.06. The molecule has 1 aliphatic carbocycles. The van der Waals surface area contributed by atoms with E-state index in [0.29, 0.717) is 5.91 Å². The summed E-state index contributed by atoms with van der Waals surface area (Å²) in [7, 11) is 4.09. The van der Waals surface area contributed by atoms with Gasteiger partial charge < -0.3 is 20.0 Å². The molecule has 1 heterocycles. The number of hydrogen-bond acceptors (Lipinski definition) is 4. The third kappa shape index (κ3) is 6.26. The van der Waals surface area contributed by atoms with Gasteiger partial charge in [0.25, 0.3) is 0 Å². The van der Waals surface area contributed by atoms with Crippen LogP contribution in [0.15, 0.2) is 0 Å². The summed E-state index contributed by atoms with van der Waals surface area (Å²) in [6, 6.07) is 0. The highest BCUT2D eigenvalue weighted by atomic mass is 16.2. The SMILES string of the molecule is CCN1CCN(C(=O)C2CCC(C(=O)NCCCN(C)C)CC2)CC1.